The molecule has 3 aromatic rings. The van der Waals surface area contributed by atoms with Crippen molar-refractivity contribution in [3.05, 3.63) is 76.1 Å². The number of rotatable bonds is 7. The summed E-state index contributed by atoms with van der Waals surface area (Å²) in [5, 5.41) is 17.0. The van der Waals surface area contributed by atoms with Crippen molar-refractivity contribution in [1.82, 2.24) is 25.5 Å². The molecule has 0 radical (unpaired) electrons. The molecule has 4 rings (SSSR count). The molecule has 0 saturated carbocycles. The zero-order chi connectivity index (χ0) is 24.1. The third kappa shape index (κ3) is 5.01. The lowest BCUT2D eigenvalue weighted by atomic mass is 9.86. The van der Waals surface area contributed by atoms with E-state index >= 15 is 0 Å². The molecule has 10 nitrogen and oxygen atoms in total. The van der Waals surface area contributed by atoms with E-state index in [1.54, 1.807) is 30.1 Å². The molecule has 176 valence electrons. The first-order valence-electron chi connectivity index (χ1n) is 11.1. The highest BCUT2D eigenvalue weighted by molar-refractivity contribution is 5.99. The van der Waals surface area contributed by atoms with Gasteiger partial charge >= 0.3 is 0 Å². The first kappa shape index (κ1) is 23.2. The van der Waals surface area contributed by atoms with Crippen molar-refractivity contribution >= 4 is 28.5 Å². The van der Waals surface area contributed by atoms with E-state index in [4.69, 9.17) is 0 Å². The van der Waals surface area contributed by atoms with Gasteiger partial charge in [0.25, 0.3) is 11.6 Å². The number of amides is 2. The minimum Gasteiger partial charge on any atom is -0.343 e. The Balaban J connectivity index is 1.47. The molecular formula is C24H26N6O4. The van der Waals surface area contributed by atoms with Crippen molar-refractivity contribution in [1.29, 1.82) is 0 Å². The lowest BCUT2D eigenvalue weighted by Crippen LogP contribution is -2.63. The average molecular weight is 463 g/mol. The van der Waals surface area contributed by atoms with E-state index in [2.05, 4.69) is 20.6 Å². The highest BCUT2D eigenvalue weighted by Gasteiger charge is 2.43. The van der Waals surface area contributed by atoms with Crippen molar-refractivity contribution in [2.45, 2.75) is 24.8 Å². The zero-order valence-corrected chi connectivity index (χ0v) is 18.9. The third-order valence-electron chi connectivity index (χ3n) is 6.13. The summed E-state index contributed by atoms with van der Waals surface area (Å²) in [6.07, 6.45) is 2.88. The molecule has 10 heteroatoms. The van der Waals surface area contributed by atoms with Gasteiger partial charge in [0.05, 0.1) is 22.2 Å². The summed E-state index contributed by atoms with van der Waals surface area (Å²) in [6, 6.07) is 13.6. The first-order valence-corrected chi connectivity index (χ1v) is 11.1. The van der Waals surface area contributed by atoms with Crippen LogP contribution in [0.5, 0.6) is 0 Å². The van der Waals surface area contributed by atoms with Crippen molar-refractivity contribution < 1.29 is 14.5 Å². The van der Waals surface area contributed by atoms with E-state index in [0.29, 0.717) is 49.9 Å². The van der Waals surface area contributed by atoms with E-state index in [1.165, 1.54) is 18.3 Å². The first-order chi connectivity index (χ1) is 16.4. The van der Waals surface area contributed by atoms with Crippen LogP contribution in [0.3, 0.4) is 0 Å². The van der Waals surface area contributed by atoms with Gasteiger partial charge in [-0.15, -0.1) is 0 Å². The predicted molar refractivity (Wildman–Crippen MR) is 126 cm³/mol. The molecule has 1 saturated heterocycles. The monoisotopic (exact) mass is 462 g/mol. The van der Waals surface area contributed by atoms with Gasteiger partial charge in [-0.1, -0.05) is 24.3 Å². The van der Waals surface area contributed by atoms with Gasteiger partial charge in [0.15, 0.2) is 0 Å². The molecule has 1 aliphatic heterocycles. The van der Waals surface area contributed by atoms with Crippen LogP contribution in [0.2, 0.25) is 0 Å². The number of nitrogens with zero attached hydrogens (tertiary/aromatic N) is 4. The second-order valence-electron chi connectivity index (χ2n) is 8.43. The quantitative estimate of drug-likeness (QED) is 0.406. The van der Waals surface area contributed by atoms with Crippen LogP contribution in [0.4, 0.5) is 5.69 Å². The number of nitro groups is 1. The van der Waals surface area contributed by atoms with Crippen LogP contribution < -0.4 is 10.6 Å². The number of aromatic nitrogens is 2. The maximum Gasteiger partial charge on any atom is 0.272 e. The van der Waals surface area contributed by atoms with Gasteiger partial charge in [0, 0.05) is 25.7 Å². The number of para-hydroxylation sites is 2. The van der Waals surface area contributed by atoms with Gasteiger partial charge in [0.2, 0.25) is 5.91 Å². The van der Waals surface area contributed by atoms with Crippen LogP contribution in [0, 0.1) is 10.1 Å². The number of benzene rings is 2. The molecule has 1 aliphatic rings. The number of piperidine rings is 1. The van der Waals surface area contributed by atoms with E-state index in [9.17, 15) is 19.7 Å². The van der Waals surface area contributed by atoms with Crippen LogP contribution in [0.1, 0.15) is 28.9 Å². The number of nitro benzene ring substituents is 1. The number of carbonyl (C=O) groups is 2. The van der Waals surface area contributed by atoms with Crippen LogP contribution in [0.25, 0.3) is 11.0 Å². The molecule has 2 aromatic carbocycles. The number of nitrogens with one attached hydrogen (secondary N) is 2. The molecule has 0 unspecified atom stereocenters. The van der Waals surface area contributed by atoms with Gasteiger partial charge < -0.3 is 15.5 Å². The standard InChI is InChI=1S/C24H26N6O4/c1-29(15-10-17-6-8-18(9-7-17)30(33)34)23(32)24(11-13-25-14-12-24)28-22(31)21-16-26-19-4-2-3-5-20(19)27-21/h2-9,16,25H,10-15H2,1H3,(H,28,31). The molecule has 2 heterocycles. The predicted octanol–water partition coefficient (Wildman–Crippen LogP) is 2.09. The van der Waals surface area contributed by atoms with Crippen LogP contribution >= 0.6 is 0 Å². The molecule has 2 N–H and O–H groups in total. The Labute approximate surface area is 196 Å². The summed E-state index contributed by atoms with van der Waals surface area (Å²) in [6.45, 7) is 1.62. The zero-order valence-electron chi connectivity index (χ0n) is 18.9. The van der Waals surface area contributed by atoms with Crippen molar-refractivity contribution in [3.63, 3.8) is 0 Å². The highest BCUT2D eigenvalue weighted by Crippen LogP contribution is 2.23. The Hall–Kier alpha value is -3.92. The molecule has 0 bridgehead atoms. The number of fused-ring (bicyclic) bond motifs is 1. The number of likely N-dealkylation sites (N-methyl/N-ethyl adjacent to an activating group) is 1. The largest absolute Gasteiger partial charge is 0.343 e. The van der Waals surface area contributed by atoms with Gasteiger partial charge in [-0.2, -0.15) is 0 Å². The van der Waals surface area contributed by atoms with E-state index in [1.807, 2.05) is 18.2 Å². The van der Waals surface area contributed by atoms with Crippen molar-refractivity contribution in [2.75, 3.05) is 26.7 Å². The molecule has 1 aromatic heterocycles. The van der Waals surface area contributed by atoms with Gasteiger partial charge in [-0.25, -0.2) is 4.98 Å². The maximum atomic E-state index is 13.5. The fraction of sp³-hybridized carbons (Fsp3) is 0.333. The SMILES string of the molecule is CN(CCc1ccc([N+](=O)[O-])cc1)C(=O)C1(NC(=O)c2cnc3ccccc3n2)CCNCC1. The molecule has 34 heavy (non-hydrogen) atoms. The minimum absolute atomic E-state index is 0.0290. The minimum atomic E-state index is -1.04. The second kappa shape index (κ2) is 9.92. The highest BCUT2D eigenvalue weighted by atomic mass is 16.6. The Bertz CT molecular complexity index is 1210. The van der Waals surface area contributed by atoms with Crippen molar-refractivity contribution in [3.8, 4) is 0 Å². The second-order valence-corrected chi connectivity index (χ2v) is 8.43. The van der Waals surface area contributed by atoms with Crippen molar-refractivity contribution in [2.24, 2.45) is 0 Å². The van der Waals surface area contributed by atoms with E-state index in [0.717, 1.165) is 5.56 Å². The third-order valence-corrected chi connectivity index (χ3v) is 6.13. The Morgan fingerprint density at radius 1 is 1.12 bits per heavy atom. The van der Waals surface area contributed by atoms with Crippen LogP contribution in [0.15, 0.2) is 54.7 Å². The smallest absolute Gasteiger partial charge is 0.272 e. The normalized spacial score (nSPS) is 15.0. The molecule has 0 atom stereocenters. The summed E-state index contributed by atoms with van der Waals surface area (Å²) >= 11 is 0. The maximum absolute atomic E-state index is 13.5. The summed E-state index contributed by atoms with van der Waals surface area (Å²) in [4.78, 5) is 47.3. The topological polar surface area (TPSA) is 130 Å². The van der Waals surface area contributed by atoms with E-state index in [-0.39, 0.29) is 17.3 Å². The Morgan fingerprint density at radius 3 is 2.47 bits per heavy atom. The fourth-order valence-corrected chi connectivity index (χ4v) is 4.14. The Kier molecular flexibility index (Phi) is 6.78. The average Bonchev–Trinajstić information content (AvgIpc) is 2.87. The van der Waals surface area contributed by atoms with Gasteiger partial charge in [0.1, 0.15) is 11.2 Å². The molecule has 0 spiro atoms. The van der Waals surface area contributed by atoms with E-state index < -0.39 is 16.4 Å². The number of carbonyl (C=O) groups excluding carboxylic acids is 2. The summed E-state index contributed by atoms with van der Waals surface area (Å²) in [5.74, 6) is -0.602. The number of hydrogen-bond acceptors (Lipinski definition) is 7. The summed E-state index contributed by atoms with van der Waals surface area (Å²) in [7, 11) is 1.71. The summed E-state index contributed by atoms with van der Waals surface area (Å²) in [5.41, 5.74) is 1.35. The van der Waals surface area contributed by atoms with Gasteiger partial charge in [-0.3, -0.25) is 24.7 Å². The lowest BCUT2D eigenvalue weighted by Gasteiger charge is -2.39. The van der Waals surface area contributed by atoms with Crippen LogP contribution in [-0.2, 0) is 11.2 Å². The fourth-order valence-electron chi connectivity index (χ4n) is 4.14. The van der Waals surface area contributed by atoms with Crippen LogP contribution in [-0.4, -0.2) is 63.8 Å². The number of hydrogen-bond donors (Lipinski definition) is 2. The molecule has 0 aliphatic carbocycles. The molecule has 2 amide bonds. The van der Waals surface area contributed by atoms with Gasteiger partial charge in [-0.05, 0) is 50.0 Å². The summed E-state index contributed by atoms with van der Waals surface area (Å²) < 4.78 is 0. The molecule has 1 fully saturated rings. The lowest BCUT2D eigenvalue weighted by molar-refractivity contribution is -0.384. The number of non-ortho nitro benzene ring substituents is 1. The Morgan fingerprint density at radius 2 is 1.79 bits per heavy atom. The molecular weight excluding hydrogens is 436 g/mol.